The van der Waals surface area contributed by atoms with Crippen LogP contribution < -0.4 is 5.56 Å². The van der Waals surface area contributed by atoms with E-state index in [9.17, 15) is 14.0 Å². The summed E-state index contributed by atoms with van der Waals surface area (Å²) in [5, 5.41) is 0. The molecule has 1 aliphatic carbocycles. The molecule has 1 aromatic heterocycles. The van der Waals surface area contributed by atoms with Gasteiger partial charge in [-0.1, -0.05) is 37.5 Å². The molecule has 0 radical (unpaired) electrons. The topological polar surface area (TPSA) is 69.3 Å². The molecule has 0 bridgehead atoms. The molecule has 2 aromatic rings. The van der Waals surface area contributed by atoms with Gasteiger partial charge in [0.15, 0.2) is 0 Å². The largest absolute Gasteiger partial charge is 0.342 e. The van der Waals surface area contributed by atoms with E-state index < -0.39 is 0 Å². The van der Waals surface area contributed by atoms with Crippen molar-refractivity contribution in [1.82, 2.24) is 19.8 Å². The molecule has 32 heavy (non-hydrogen) atoms. The smallest absolute Gasteiger partial charge is 0.254 e. The summed E-state index contributed by atoms with van der Waals surface area (Å²) in [5.74, 6) is 0.282. The number of carbonyl (C=O) groups is 1. The van der Waals surface area contributed by atoms with Crippen molar-refractivity contribution in [2.75, 3.05) is 19.6 Å². The van der Waals surface area contributed by atoms with Crippen LogP contribution in [0, 0.1) is 5.82 Å². The number of hydrogen-bond donors (Lipinski definition) is 1. The molecule has 3 heterocycles. The Hall–Kier alpha value is -2.54. The van der Waals surface area contributed by atoms with Gasteiger partial charge in [0.25, 0.3) is 5.56 Å². The lowest BCUT2D eigenvalue weighted by molar-refractivity contribution is -0.129. The summed E-state index contributed by atoms with van der Waals surface area (Å²) in [7, 11) is 0. The van der Waals surface area contributed by atoms with E-state index in [2.05, 4.69) is 9.88 Å². The fourth-order valence-corrected chi connectivity index (χ4v) is 5.56. The van der Waals surface area contributed by atoms with Gasteiger partial charge in [-0.3, -0.25) is 14.5 Å². The SMILES string of the molecule is O=C(Cc1ccccc1F)N1CC[C@H](c2nc3c(c(=O)[nH]2)CCN(C2CCCCC2)C3)C1. The van der Waals surface area contributed by atoms with Crippen molar-refractivity contribution in [3.63, 3.8) is 0 Å². The molecule has 7 heteroatoms. The Morgan fingerprint density at radius 3 is 2.75 bits per heavy atom. The van der Waals surface area contributed by atoms with Gasteiger partial charge in [-0.2, -0.15) is 0 Å². The van der Waals surface area contributed by atoms with E-state index >= 15 is 0 Å². The molecule has 6 nitrogen and oxygen atoms in total. The second-order valence-electron chi connectivity index (χ2n) is 9.48. The van der Waals surface area contributed by atoms with Crippen LogP contribution >= 0.6 is 0 Å². The lowest BCUT2D eigenvalue weighted by atomic mass is 9.92. The molecule has 0 unspecified atom stereocenters. The van der Waals surface area contributed by atoms with Gasteiger partial charge >= 0.3 is 0 Å². The molecule has 1 saturated carbocycles. The molecule has 1 saturated heterocycles. The average Bonchev–Trinajstić information content (AvgIpc) is 3.31. The van der Waals surface area contributed by atoms with Crippen LogP contribution in [0.15, 0.2) is 29.1 Å². The average molecular weight is 439 g/mol. The molecule has 0 spiro atoms. The molecule has 1 N–H and O–H groups in total. The van der Waals surface area contributed by atoms with Crippen LogP contribution in [-0.2, 0) is 24.2 Å². The number of benzene rings is 1. The third kappa shape index (κ3) is 4.35. The highest BCUT2D eigenvalue weighted by Crippen LogP contribution is 2.29. The quantitative estimate of drug-likeness (QED) is 0.796. The van der Waals surface area contributed by atoms with Crippen LogP contribution in [0.2, 0.25) is 0 Å². The summed E-state index contributed by atoms with van der Waals surface area (Å²) < 4.78 is 13.9. The van der Waals surface area contributed by atoms with Gasteiger partial charge in [0.1, 0.15) is 11.6 Å². The zero-order valence-corrected chi connectivity index (χ0v) is 18.5. The van der Waals surface area contributed by atoms with E-state index in [0.29, 0.717) is 30.5 Å². The number of hydrogen-bond acceptors (Lipinski definition) is 4. The van der Waals surface area contributed by atoms with Crippen molar-refractivity contribution in [3.8, 4) is 0 Å². The van der Waals surface area contributed by atoms with E-state index in [1.165, 1.54) is 38.2 Å². The molecule has 1 aromatic carbocycles. The number of aromatic amines is 1. The molecular weight excluding hydrogens is 407 g/mol. The van der Waals surface area contributed by atoms with E-state index in [4.69, 9.17) is 4.98 Å². The van der Waals surface area contributed by atoms with Crippen molar-refractivity contribution in [3.05, 3.63) is 63.1 Å². The predicted octanol–water partition coefficient (Wildman–Crippen LogP) is 3.16. The van der Waals surface area contributed by atoms with Gasteiger partial charge in [-0.25, -0.2) is 9.37 Å². The number of likely N-dealkylation sites (tertiary alicyclic amines) is 1. The zero-order chi connectivity index (χ0) is 22.1. The lowest BCUT2D eigenvalue weighted by Gasteiger charge is -2.37. The van der Waals surface area contributed by atoms with Gasteiger partial charge in [0.2, 0.25) is 5.91 Å². The maximum absolute atomic E-state index is 13.9. The highest BCUT2D eigenvalue weighted by atomic mass is 19.1. The monoisotopic (exact) mass is 438 g/mol. The number of halogens is 1. The number of rotatable bonds is 4. The number of aromatic nitrogens is 2. The minimum absolute atomic E-state index is 0.0163. The van der Waals surface area contributed by atoms with Gasteiger partial charge in [0.05, 0.1) is 12.1 Å². The van der Waals surface area contributed by atoms with Crippen LogP contribution in [0.25, 0.3) is 0 Å². The normalized spacial score (nSPS) is 22.2. The Kier molecular flexibility index (Phi) is 6.09. The summed E-state index contributed by atoms with van der Waals surface area (Å²) in [6.45, 7) is 2.80. The maximum atomic E-state index is 13.9. The number of nitrogens with one attached hydrogen (secondary N) is 1. The third-order valence-electron chi connectivity index (χ3n) is 7.44. The maximum Gasteiger partial charge on any atom is 0.254 e. The molecular formula is C25H31FN4O2. The highest BCUT2D eigenvalue weighted by molar-refractivity contribution is 5.79. The number of nitrogens with zero attached hydrogens (tertiary/aromatic N) is 3. The highest BCUT2D eigenvalue weighted by Gasteiger charge is 2.32. The van der Waals surface area contributed by atoms with Crippen molar-refractivity contribution in [1.29, 1.82) is 0 Å². The first kappa shape index (κ1) is 21.3. The van der Waals surface area contributed by atoms with Gasteiger partial charge in [0, 0.05) is 43.7 Å². The summed E-state index contributed by atoms with van der Waals surface area (Å²) >= 11 is 0. The van der Waals surface area contributed by atoms with Crippen molar-refractivity contribution in [2.45, 2.75) is 69.9 Å². The minimum Gasteiger partial charge on any atom is -0.342 e. The van der Waals surface area contributed by atoms with Gasteiger partial charge in [-0.05, 0) is 37.3 Å². The molecule has 2 aliphatic heterocycles. The summed E-state index contributed by atoms with van der Waals surface area (Å²) in [6.07, 6.45) is 7.98. The van der Waals surface area contributed by atoms with E-state index in [1.807, 2.05) is 0 Å². The number of H-pyrrole nitrogens is 1. The van der Waals surface area contributed by atoms with Crippen molar-refractivity contribution >= 4 is 5.91 Å². The fraction of sp³-hybridized carbons (Fsp3) is 0.560. The van der Waals surface area contributed by atoms with Crippen LogP contribution in [-0.4, -0.2) is 51.4 Å². The Balaban J connectivity index is 1.28. The first-order valence-corrected chi connectivity index (χ1v) is 12.0. The van der Waals surface area contributed by atoms with E-state index in [0.717, 1.165) is 37.2 Å². The molecule has 3 aliphatic rings. The fourth-order valence-electron chi connectivity index (χ4n) is 5.56. The first-order valence-electron chi connectivity index (χ1n) is 12.0. The lowest BCUT2D eigenvalue weighted by Crippen LogP contribution is -2.42. The molecule has 2 fully saturated rings. The molecule has 1 atom stereocenters. The summed E-state index contributed by atoms with van der Waals surface area (Å²) in [6, 6.07) is 7.02. The van der Waals surface area contributed by atoms with Gasteiger partial charge < -0.3 is 9.88 Å². The van der Waals surface area contributed by atoms with Crippen LogP contribution in [0.1, 0.15) is 67.1 Å². The molecule has 170 valence electrons. The van der Waals surface area contributed by atoms with Crippen LogP contribution in [0.4, 0.5) is 4.39 Å². The minimum atomic E-state index is -0.347. The van der Waals surface area contributed by atoms with E-state index in [-0.39, 0.29) is 29.6 Å². The van der Waals surface area contributed by atoms with Crippen molar-refractivity contribution < 1.29 is 9.18 Å². The Labute approximate surface area is 187 Å². The first-order chi connectivity index (χ1) is 15.6. The van der Waals surface area contributed by atoms with Crippen LogP contribution in [0.5, 0.6) is 0 Å². The number of carbonyl (C=O) groups excluding carboxylic acids is 1. The third-order valence-corrected chi connectivity index (χ3v) is 7.44. The summed E-state index contributed by atoms with van der Waals surface area (Å²) in [4.78, 5) is 37.7. The predicted molar refractivity (Wildman–Crippen MR) is 120 cm³/mol. The Bertz CT molecular complexity index is 1050. The Morgan fingerprint density at radius 1 is 1.12 bits per heavy atom. The summed E-state index contributed by atoms with van der Waals surface area (Å²) in [5.41, 5.74) is 2.14. The zero-order valence-electron chi connectivity index (χ0n) is 18.5. The Morgan fingerprint density at radius 2 is 1.94 bits per heavy atom. The molecule has 5 rings (SSSR count). The van der Waals surface area contributed by atoms with Crippen LogP contribution in [0.3, 0.4) is 0 Å². The van der Waals surface area contributed by atoms with Crippen molar-refractivity contribution in [2.24, 2.45) is 0 Å². The number of amides is 1. The second-order valence-corrected chi connectivity index (χ2v) is 9.48. The molecule has 1 amide bonds. The number of fused-ring (bicyclic) bond motifs is 1. The second kappa shape index (κ2) is 9.14. The van der Waals surface area contributed by atoms with Gasteiger partial charge in [-0.15, -0.1) is 0 Å². The standard InChI is InChI=1S/C25H31FN4O2/c26-21-9-5-4-6-17(21)14-23(31)30-12-10-18(15-30)24-27-22-16-29(19-7-2-1-3-8-19)13-11-20(22)25(32)28-24/h4-6,9,18-19H,1-3,7-8,10-16H2,(H,27,28,32)/t18-/m0/s1. The van der Waals surface area contributed by atoms with E-state index in [1.54, 1.807) is 23.1 Å².